The van der Waals surface area contributed by atoms with Gasteiger partial charge in [-0.15, -0.1) is 0 Å². The predicted octanol–water partition coefficient (Wildman–Crippen LogP) is 7.66. The van der Waals surface area contributed by atoms with Crippen molar-refractivity contribution in [2.24, 2.45) is 0 Å². The second-order valence-electron chi connectivity index (χ2n) is 4.38. The maximum absolute atomic E-state index is 11.4. The molecular formula is C16H14O4S6. The van der Waals surface area contributed by atoms with Crippen LogP contribution in [0.5, 0.6) is 0 Å². The van der Waals surface area contributed by atoms with E-state index in [1.165, 1.54) is 35.8 Å². The van der Waals surface area contributed by atoms with Crippen LogP contribution in [0.15, 0.2) is 58.3 Å². The molecule has 0 atom stereocenters. The number of rotatable bonds is 7. The van der Waals surface area contributed by atoms with Gasteiger partial charge in [0.1, 0.15) is 0 Å². The summed E-state index contributed by atoms with van der Waals surface area (Å²) < 4.78 is 9.27. The van der Waals surface area contributed by atoms with Crippen LogP contribution < -0.4 is 0 Å². The summed E-state index contributed by atoms with van der Waals surface area (Å²) in [6.45, 7) is 0. The van der Waals surface area contributed by atoms with Crippen molar-refractivity contribution in [2.45, 2.75) is 9.79 Å². The SMILES string of the molecule is COSC(=O)SSc1ccc(-c2ccc(SSC(=O)SOC)cc2)cc1. The molecule has 0 bridgehead atoms. The molecule has 0 saturated heterocycles. The number of hydrogen-bond acceptors (Lipinski definition) is 10. The van der Waals surface area contributed by atoms with E-state index in [1.54, 1.807) is 0 Å². The van der Waals surface area contributed by atoms with Gasteiger partial charge >= 0.3 is 0 Å². The van der Waals surface area contributed by atoms with E-state index in [0.717, 1.165) is 66.6 Å². The third-order valence-electron chi connectivity index (χ3n) is 2.76. The Morgan fingerprint density at radius 3 is 1.31 bits per heavy atom. The predicted molar refractivity (Wildman–Crippen MR) is 119 cm³/mol. The molecule has 0 heterocycles. The number of carbonyl (C=O) groups excluding carboxylic acids is 2. The molecule has 0 N–H and O–H groups in total. The Kier molecular flexibility index (Phi) is 10.4. The normalized spacial score (nSPS) is 10.7. The molecule has 0 fully saturated rings. The molecule has 2 aromatic rings. The minimum atomic E-state index is -0.0880. The van der Waals surface area contributed by atoms with Gasteiger partial charge in [-0.1, -0.05) is 24.3 Å². The quantitative estimate of drug-likeness (QED) is 0.302. The molecule has 0 spiro atoms. The average Bonchev–Trinajstić information content (AvgIpc) is 2.66. The van der Waals surface area contributed by atoms with Gasteiger partial charge in [0, 0.05) is 31.4 Å². The lowest BCUT2D eigenvalue weighted by Crippen LogP contribution is -1.80. The molecule has 26 heavy (non-hydrogen) atoms. The molecule has 0 amide bonds. The van der Waals surface area contributed by atoms with Crippen molar-refractivity contribution in [3.05, 3.63) is 48.5 Å². The Morgan fingerprint density at radius 2 is 1.00 bits per heavy atom. The maximum Gasteiger partial charge on any atom is 0.283 e. The number of benzene rings is 2. The van der Waals surface area contributed by atoms with E-state index in [9.17, 15) is 9.59 Å². The van der Waals surface area contributed by atoms with E-state index in [2.05, 4.69) is 0 Å². The van der Waals surface area contributed by atoms with Gasteiger partial charge in [0.2, 0.25) is 0 Å². The summed E-state index contributed by atoms with van der Waals surface area (Å²) in [5, 5.41) is 0. The first-order valence-corrected chi connectivity index (χ1v) is 12.8. The molecule has 0 saturated carbocycles. The zero-order chi connectivity index (χ0) is 18.8. The zero-order valence-electron chi connectivity index (χ0n) is 13.7. The van der Waals surface area contributed by atoms with E-state index in [4.69, 9.17) is 8.37 Å². The molecular weight excluding hydrogens is 449 g/mol. The van der Waals surface area contributed by atoms with Crippen LogP contribution in [0.1, 0.15) is 0 Å². The molecule has 2 aromatic carbocycles. The second-order valence-corrected chi connectivity index (χ2v) is 11.0. The molecule has 10 heteroatoms. The van der Waals surface area contributed by atoms with Crippen molar-refractivity contribution in [1.29, 1.82) is 0 Å². The molecule has 0 aromatic heterocycles. The number of carbonyl (C=O) groups is 2. The standard InChI is InChI=1S/C16H14O4S6/c1-19-21-15(17)25-23-13-7-3-11(4-8-13)12-5-9-14(10-6-12)24-26-16(18)22-20-2/h3-10H,1-2H3. The van der Waals surface area contributed by atoms with Gasteiger partial charge in [-0.3, -0.25) is 9.59 Å². The Hall–Kier alpha value is -0.200. The monoisotopic (exact) mass is 462 g/mol. The third kappa shape index (κ3) is 7.81. The first-order chi connectivity index (χ1) is 12.6. The highest BCUT2D eigenvalue weighted by atomic mass is 33.1. The van der Waals surface area contributed by atoms with Crippen LogP contribution >= 0.6 is 67.3 Å². The zero-order valence-corrected chi connectivity index (χ0v) is 18.6. The van der Waals surface area contributed by atoms with E-state index >= 15 is 0 Å². The van der Waals surface area contributed by atoms with Crippen molar-refractivity contribution >= 4 is 76.2 Å². The largest absolute Gasteiger partial charge is 0.311 e. The molecule has 0 aliphatic rings. The van der Waals surface area contributed by atoms with E-state index < -0.39 is 0 Å². The fourth-order valence-corrected chi connectivity index (χ4v) is 6.22. The Morgan fingerprint density at radius 1 is 0.654 bits per heavy atom. The summed E-state index contributed by atoms with van der Waals surface area (Å²) in [4.78, 5) is 24.8. The molecule has 0 aliphatic carbocycles. The summed E-state index contributed by atoms with van der Waals surface area (Å²) in [5.41, 5.74) is 2.18. The summed E-state index contributed by atoms with van der Waals surface area (Å²) in [6.07, 6.45) is 0. The highest BCUT2D eigenvalue weighted by Gasteiger charge is 2.07. The lowest BCUT2D eigenvalue weighted by molar-refractivity contribution is 0.274. The van der Waals surface area contributed by atoms with Crippen molar-refractivity contribution in [3.63, 3.8) is 0 Å². The van der Waals surface area contributed by atoms with Crippen LogP contribution in [-0.4, -0.2) is 23.1 Å². The van der Waals surface area contributed by atoms with Gasteiger partial charge in [0.25, 0.3) is 8.89 Å². The highest BCUT2D eigenvalue weighted by molar-refractivity contribution is 8.86. The summed E-state index contributed by atoms with van der Waals surface area (Å²) >= 11 is 1.66. The highest BCUT2D eigenvalue weighted by Crippen LogP contribution is 2.38. The van der Waals surface area contributed by atoms with Gasteiger partial charge in [0.05, 0.1) is 38.3 Å². The molecule has 0 aliphatic heterocycles. The van der Waals surface area contributed by atoms with Crippen LogP contribution in [0.2, 0.25) is 0 Å². The summed E-state index contributed by atoms with van der Waals surface area (Å²) in [5.74, 6) is 0. The van der Waals surface area contributed by atoms with Gasteiger partial charge in [-0.2, -0.15) is 0 Å². The fourth-order valence-electron chi connectivity index (χ4n) is 1.73. The van der Waals surface area contributed by atoms with E-state index in [-0.39, 0.29) is 8.89 Å². The first kappa shape index (κ1) is 22.1. The maximum atomic E-state index is 11.4. The van der Waals surface area contributed by atoms with Crippen LogP contribution in [0, 0.1) is 0 Å². The van der Waals surface area contributed by atoms with E-state index in [0.29, 0.717) is 0 Å². The van der Waals surface area contributed by atoms with Crippen LogP contribution in [0.3, 0.4) is 0 Å². The molecule has 138 valence electrons. The summed E-state index contributed by atoms with van der Waals surface area (Å²) in [6, 6.07) is 16.0. The van der Waals surface area contributed by atoms with Gasteiger partial charge in [0.15, 0.2) is 0 Å². The third-order valence-corrected chi connectivity index (χ3v) is 8.83. The minimum Gasteiger partial charge on any atom is -0.311 e. The fraction of sp³-hybridized carbons (Fsp3) is 0.125. The number of hydrogen-bond donors (Lipinski definition) is 0. The molecule has 0 unspecified atom stereocenters. The van der Waals surface area contributed by atoms with Crippen molar-refractivity contribution in [3.8, 4) is 11.1 Å². The van der Waals surface area contributed by atoms with E-state index in [1.807, 2.05) is 48.5 Å². The summed E-state index contributed by atoms with van der Waals surface area (Å²) in [7, 11) is 8.04. The first-order valence-electron chi connectivity index (χ1n) is 7.01. The lowest BCUT2D eigenvalue weighted by Gasteiger charge is -2.05. The van der Waals surface area contributed by atoms with Gasteiger partial charge in [-0.25, -0.2) is 0 Å². The molecule has 2 rings (SSSR count). The van der Waals surface area contributed by atoms with Gasteiger partial charge in [-0.05, 0) is 57.0 Å². The topological polar surface area (TPSA) is 52.6 Å². The van der Waals surface area contributed by atoms with Crippen LogP contribution in [0.25, 0.3) is 11.1 Å². The Labute approximate surface area is 176 Å². The van der Waals surface area contributed by atoms with Gasteiger partial charge < -0.3 is 8.37 Å². The Balaban J connectivity index is 1.90. The van der Waals surface area contributed by atoms with Crippen LogP contribution in [0.4, 0.5) is 9.59 Å². The minimum absolute atomic E-state index is 0.0880. The lowest BCUT2D eigenvalue weighted by atomic mass is 10.1. The van der Waals surface area contributed by atoms with Crippen molar-refractivity contribution < 1.29 is 18.0 Å². The average molecular weight is 463 g/mol. The van der Waals surface area contributed by atoms with Crippen LogP contribution in [-0.2, 0) is 8.37 Å². The van der Waals surface area contributed by atoms with Crippen molar-refractivity contribution in [2.75, 3.05) is 14.2 Å². The molecule has 4 nitrogen and oxygen atoms in total. The van der Waals surface area contributed by atoms with Crippen molar-refractivity contribution in [1.82, 2.24) is 0 Å². The molecule has 0 radical (unpaired) electrons. The smallest absolute Gasteiger partial charge is 0.283 e. The Bertz CT molecular complexity index is 657. The second kappa shape index (κ2) is 12.3.